The van der Waals surface area contributed by atoms with Gasteiger partial charge in [0.15, 0.2) is 0 Å². The van der Waals surface area contributed by atoms with Gasteiger partial charge in [-0.3, -0.25) is 4.57 Å². The van der Waals surface area contributed by atoms with Crippen molar-refractivity contribution in [2.45, 2.75) is 26.4 Å². The van der Waals surface area contributed by atoms with Gasteiger partial charge in [-0.1, -0.05) is 6.07 Å². The molecule has 0 amide bonds. The molecule has 0 atom stereocenters. The molecule has 0 aliphatic rings. The third-order valence-corrected chi connectivity index (χ3v) is 3.23. The lowest BCUT2D eigenvalue weighted by atomic mass is 10.1. The zero-order valence-electron chi connectivity index (χ0n) is 11.3. The summed E-state index contributed by atoms with van der Waals surface area (Å²) in [5.74, 6) is -1.04. The lowest BCUT2D eigenvalue weighted by molar-refractivity contribution is 0.0543. The van der Waals surface area contributed by atoms with Crippen LogP contribution in [0.3, 0.4) is 0 Å². The summed E-state index contributed by atoms with van der Waals surface area (Å²) in [6, 6.07) is 4.60. The van der Waals surface area contributed by atoms with Gasteiger partial charge < -0.3 is 9.84 Å². The first-order valence-corrected chi connectivity index (χ1v) is 6.75. The number of carboxylic acid groups (broad SMARTS) is 1. The Hall–Kier alpha value is -1.82. The number of carbonyl (C=O) groups excluding carboxylic acids is 1. The number of rotatable bonds is 1. The topological polar surface area (TPSA) is 68.5 Å². The standard InChI is InChI=1S/C14H14BrNO4/c1-14(2,3)20-13(19)16-7-10(15)9-5-4-8(12(17)18)6-11(9)16/h4-7H,1-3H3,(H,17,18). The van der Waals surface area contributed by atoms with Gasteiger partial charge in [0.2, 0.25) is 0 Å². The summed E-state index contributed by atoms with van der Waals surface area (Å²) in [6.07, 6.45) is 1.03. The van der Waals surface area contributed by atoms with Crippen LogP contribution in [0.4, 0.5) is 4.79 Å². The summed E-state index contributed by atoms with van der Waals surface area (Å²) < 4.78 is 7.31. The van der Waals surface area contributed by atoms with E-state index in [0.717, 1.165) is 5.39 Å². The molecule has 20 heavy (non-hydrogen) atoms. The predicted molar refractivity (Wildman–Crippen MR) is 78.2 cm³/mol. The van der Waals surface area contributed by atoms with E-state index in [9.17, 15) is 9.59 Å². The van der Waals surface area contributed by atoms with Crippen molar-refractivity contribution < 1.29 is 19.4 Å². The molecule has 0 fully saturated rings. The number of aromatic carboxylic acids is 1. The zero-order chi connectivity index (χ0) is 15.1. The fourth-order valence-corrected chi connectivity index (χ4v) is 2.32. The summed E-state index contributed by atoms with van der Waals surface area (Å²) in [4.78, 5) is 23.2. The molecule has 6 heteroatoms. The van der Waals surface area contributed by atoms with Crippen LogP contribution >= 0.6 is 15.9 Å². The number of carboxylic acids is 1. The Balaban J connectivity index is 2.55. The maximum absolute atomic E-state index is 12.1. The van der Waals surface area contributed by atoms with E-state index in [1.807, 2.05) is 0 Å². The molecule has 0 aliphatic carbocycles. The third-order valence-electron chi connectivity index (χ3n) is 2.59. The average molecular weight is 340 g/mol. The van der Waals surface area contributed by atoms with Crippen molar-refractivity contribution in [3.05, 3.63) is 34.4 Å². The number of aromatic nitrogens is 1. The van der Waals surface area contributed by atoms with E-state index < -0.39 is 17.7 Å². The lowest BCUT2D eigenvalue weighted by Gasteiger charge is -2.19. The summed E-state index contributed by atoms with van der Waals surface area (Å²) in [7, 11) is 0. The van der Waals surface area contributed by atoms with E-state index in [0.29, 0.717) is 9.99 Å². The van der Waals surface area contributed by atoms with Gasteiger partial charge in [-0.05, 0) is 48.8 Å². The van der Waals surface area contributed by atoms with Crippen molar-refractivity contribution in [2.24, 2.45) is 0 Å². The maximum atomic E-state index is 12.1. The molecular formula is C14H14BrNO4. The molecule has 106 valence electrons. The second-order valence-electron chi connectivity index (χ2n) is 5.36. The molecule has 1 heterocycles. The highest BCUT2D eigenvalue weighted by Gasteiger charge is 2.21. The van der Waals surface area contributed by atoms with E-state index >= 15 is 0 Å². The molecule has 0 aliphatic heterocycles. The van der Waals surface area contributed by atoms with Crippen LogP contribution in [0.2, 0.25) is 0 Å². The van der Waals surface area contributed by atoms with Crippen LogP contribution in [0, 0.1) is 0 Å². The number of hydrogen-bond donors (Lipinski definition) is 1. The highest BCUT2D eigenvalue weighted by molar-refractivity contribution is 9.10. The zero-order valence-corrected chi connectivity index (χ0v) is 12.9. The van der Waals surface area contributed by atoms with Crippen LogP contribution in [0.5, 0.6) is 0 Å². The van der Waals surface area contributed by atoms with E-state index in [1.54, 1.807) is 33.0 Å². The Kier molecular flexibility index (Phi) is 3.60. The smallest absolute Gasteiger partial charge is 0.419 e. The molecule has 1 N–H and O–H groups in total. The quantitative estimate of drug-likeness (QED) is 0.855. The largest absolute Gasteiger partial charge is 0.478 e. The predicted octanol–water partition coefficient (Wildman–Crippen LogP) is 3.89. The van der Waals surface area contributed by atoms with Gasteiger partial charge in [0.25, 0.3) is 0 Å². The Labute approximate surface area is 124 Å². The van der Waals surface area contributed by atoms with Crippen molar-refractivity contribution in [3.8, 4) is 0 Å². The van der Waals surface area contributed by atoms with Gasteiger partial charge >= 0.3 is 12.1 Å². The van der Waals surface area contributed by atoms with Gasteiger partial charge in [-0.2, -0.15) is 0 Å². The van der Waals surface area contributed by atoms with Gasteiger partial charge in [0, 0.05) is 16.1 Å². The van der Waals surface area contributed by atoms with Gasteiger partial charge in [-0.15, -0.1) is 0 Å². The highest BCUT2D eigenvalue weighted by atomic mass is 79.9. The minimum Gasteiger partial charge on any atom is -0.478 e. The Morgan fingerprint density at radius 2 is 1.95 bits per heavy atom. The summed E-state index contributed by atoms with van der Waals surface area (Å²) >= 11 is 3.35. The molecule has 0 saturated heterocycles. The molecule has 0 bridgehead atoms. The van der Waals surface area contributed by atoms with Crippen LogP contribution in [-0.4, -0.2) is 27.3 Å². The summed E-state index contributed by atoms with van der Waals surface area (Å²) in [5.41, 5.74) is -0.0104. The van der Waals surface area contributed by atoms with E-state index in [4.69, 9.17) is 9.84 Å². The van der Waals surface area contributed by atoms with E-state index in [1.165, 1.54) is 16.7 Å². The average Bonchev–Trinajstić information content (AvgIpc) is 2.64. The molecule has 1 aromatic heterocycles. The lowest BCUT2D eigenvalue weighted by Crippen LogP contribution is -2.26. The number of fused-ring (bicyclic) bond motifs is 1. The molecule has 2 aromatic rings. The van der Waals surface area contributed by atoms with E-state index in [2.05, 4.69) is 15.9 Å². The Morgan fingerprint density at radius 1 is 1.30 bits per heavy atom. The Morgan fingerprint density at radius 3 is 2.50 bits per heavy atom. The third kappa shape index (κ3) is 2.85. The molecule has 2 rings (SSSR count). The van der Waals surface area contributed by atoms with E-state index in [-0.39, 0.29) is 5.56 Å². The van der Waals surface area contributed by atoms with Crippen LogP contribution in [0.15, 0.2) is 28.9 Å². The molecule has 0 unspecified atom stereocenters. The number of halogens is 1. The first-order chi connectivity index (χ1) is 9.19. The summed E-state index contributed by atoms with van der Waals surface area (Å²) in [6.45, 7) is 5.32. The van der Waals surface area contributed by atoms with Crippen LogP contribution in [0.1, 0.15) is 31.1 Å². The van der Waals surface area contributed by atoms with Gasteiger partial charge in [0.05, 0.1) is 11.1 Å². The fourth-order valence-electron chi connectivity index (χ4n) is 1.78. The second-order valence-corrected chi connectivity index (χ2v) is 6.22. The SMILES string of the molecule is CC(C)(C)OC(=O)n1cc(Br)c2ccc(C(=O)O)cc21. The number of hydrogen-bond acceptors (Lipinski definition) is 3. The maximum Gasteiger partial charge on any atom is 0.419 e. The highest BCUT2D eigenvalue weighted by Crippen LogP contribution is 2.28. The molecule has 0 spiro atoms. The van der Waals surface area contributed by atoms with Crippen molar-refractivity contribution >= 4 is 38.9 Å². The molecule has 0 saturated carbocycles. The van der Waals surface area contributed by atoms with Crippen molar-refractivity contribution in [1.29, 1.82) is 0 Å². The number of benzene rings is 1. The van der Waals surface area contributed by atoms with Crippen LogP contribution in [0.25, 0.3) is 10.9 Å². The van der Waals surface area contributed by atoms with Crippen molar-refractivity contribution in [2.75, 3.05) is 0 Å². The Bertz CT molecular complexity index is 697. The first-order valence-electron chi connectivity index (χ1n) is 5.96. The van der Waals surface area contributed by atoms with Crippen molar-refractivity contribution in [3.63, 3.8) is 0 Å². The molecule has 1 aromatic carbocycles. The second kappa shape index (κ2) is 4.94. The minimum absolute atomic E-state index is 0.118. The molecule has 5 nitrogen and oxygen atoms in total. The van der Waals surface area contributed by atoms with Crippen LogP contribution in [-0.2, 0) is 4.74 Å². The first kappa shape index (κ1) is 14.6. The molecule has 0 radical (unpaired) electrons. The van der Waals surface area contributed by atoms with Crippen LogP contribution < -0.4 is 0 Å². The monoisotopic (exact) mass is 339 g/mol. The number of carbonyl (C=O) groups is 2. The number of ether oxygens (including phenoxy) is 1. The van der Waals surface area contributed by atoms with Gasteiger partial charge in [0.1, 0.15) is 5.60 Å². The normalized spacial score (nSPS) is 11.6. The molecular weight excluding hydrogens is 326 g/mol. The fraction of sp³-hybridized carbons (Fsp3) is 0.286. The van der Waals surface area contributed by atoms with Crippen molar-refractivity contribution in [1.82, 2.24) is 4.57 Å². The number of nitrogens with zero attached hydrogens (tertiary/aromatic N) is 1. The van der Waals surface area contributed by atoms with Gasteiger partial charge in [-0.25, -0.2) is 9.59 Å². The minimum atomic E-state index is -1.04. The summed E-state index contributed by atoms with van der Waals surface area (Å²) in [5, 5.41) is 9.78.